The number of carbonyl (C=O) groups is 1. The Balaban J connectivity index is 1.66. The first kappa shape index (κ1) is 21.5. The second-order valence-corrected chi connectivity index (χ2v) is 8.88. The zero-order chi connectivity index (χ0) is 21.0. The molecule has 1 heterocycles. The van der Waals surface area contributed by atoms with Gasteiger partial charge in [0.2, 0.25) is 0 Å². The van der Waals surface area contributed by atoms with Gasteiger partial charge in [-0.3, -0.25) is 4.79 Å². The third kappa shape index (κ3) is 5.44. The van der Waals surface area contributed by atoms with Crippen LogP contribution in [0.1, 0.15) is 23.9 Å². The normalized spacial score (nSPS) is 12.3. The number of aryl methyl sites for hydroxylation is 1. The molecule has 3 rings (SSSR count). The van der Waals surface area contributed by atoms with Crippen LogP contribution in [0, 0.1) is 13.8 Å². The first-order valence-corrected chi connectivity index (χ1v) is 10.7. The van der Waals surface area contributed by atoms with Crippen LogP contribution in [0.3, 0.4) is 0 Å². The second-order valence-electron chi connectivity index (χ2n) is 6.59. The third-order valence-electron chi connectivity index (χ3n) is 4.41. The Bertz CT molecular complexity index is 1040. The molecule has 1 amide bonds. The molecule has 3 aromatic rings. The second kappa shape index (κ2) is 9.53. The number of thioether (sulfide) groups is 1. The Morgan fingerprint density at radius 3 is 2.52 bits per heavy atom. The zero-order valence-corrected chi connectivity index (χ0v) is 18.6. The van der Waals surface area contributed by atoms with Crippen molar-refractivity contribution in [2.75, 3.05) is 0 Å². The highest BCUT2D eigenvalue weighted by Gasteiger charge is 2.14. The van der Waals surface area contributed by atoms with E-state index in [0.717, 1.165) is 27.5 Å². The number of hydrogen-bond acceptors (Lipinski definition) is 3. The average molecular weight is 446 g/mol. The Kier molecular flexibility index (Phi) is 7.06. The van der Waals surface area contributed by atoms with E-state index in [0.29, 0.717) is 10.0 Å². The molecule has 0 radical (unpaired) electrons. The van der Waals surface area contributed by atoms with Crippen LogP contribution in [-0.2, 0) is 4.79 Å². The van der Waals surface area contributed by atoms with Gasteiger partial charge in [0.25, 0.3) is 5.91 Å². The third-order valence-corrected chi connectivity index (χ3v) is 6.01. The fourth-order valence-electron chi connectivity index (χ4n) is 2.96. The van der Waals surface area contributed by atoms with Crippen molar-refractivity contribution in [3.05, 3.63) is 81.6 Å². The molecule has 0 unspecified atom stereocenters. The van der Waals surface area contributed by atoms with E-state index in [9.17, 15) is 4.79 Å². The molecule has 0 saturated carbocycles. The van der Waals surface area contributed by atoms with Crippen LogP contribution in [0.2, 0.25) is 10.0 Å². The van der Waals surface area contributed by atoms with Gasteiger partial charge in [0.05, 0.1) is 11.5 Å². The van der Waals surface area contributed by atoms with Crippen molar-refractivity contribution in [1.82, 2.24) is 9.99 Å². The van der Waals surface area contributed by atoms with E-state index >= 15 is 0 Å². The molecule has 0 spiro atoms. The summed E-state index contributed by atoms with van der Waals surface area (Å²) in [6, 6.07) is 17.1. The first-order valence-electron chi connectivity index (χ1n) is 9.05. The molecule has 2 aromatic carbocycles. The van der Waals surface area contributed by atoms with E-state index in [-0.39, 0.29) is 11.2 Å². The molecule has 1 N–H and O–H groups in total. The van der Waals surface area contributed by atoms with Crippen LogP contribution in [0.4, 0.5) is 0 Å². The summed E-state index contributed by atoms with van der Waals surface area (Å²) in [4.78, 5) is 13.3. The van der Waals surface area contributed by atoms with Gasteiger partial charge in [-0.25, -0.2) is 5.43 Å². The molecule has 1 aromatic heterocycles. The van der Waals surface area contributed by atoms with E-state index in [2.05, 4.69) is 15.1 Å². The number of amides is 1. The summed E-state index contributed by atoms with van der Waals surface area (Å²) < 4.78 is 2.11. The van der Waals surface area contributed by atoms with Crippen molar-refractivity contribution in [3.63, 3.8) is 0 Å². The van der Waals surface area contributed by atoms with Crippen LogP contribution < -0.4 is 5.43 Å². The number of nitrogens with zero attached hydrogens (tertiary/aromatic N) is 2. The SMILES string of the molecule is Cc1cc(/C=N\NC(=O)[C@H](C)Sc2ccc(Cl)cc2)c(C)n1-c1cccc(Cl)c1. The van der Waals surface area contributed by atoms with Crippen LogP contribution in [0.25, 0.3) is 5.69 Å². The Morgan fingerprint density at radius 2 is 1.83 bits per heavy atom. The smallest absolute Gasteiger partial charge is 0.253 e. The van der Waals surface area contributed by atoms with E-state index in [1.807, 2.05) is 75.4 Å². The highest BCUT2D eigenvalue weighted by Crippen LogP contribution is 2.25. The zero-order valence-electron chi connectivity index (χ0n) is 16.3. The van der Waals surface area contributed by atoms with E-state index in [1.165, 1.54) is 11.8 Å². The number of benzene rings is 2. The number of nitrogens with one attached hydrogen (secondary N) is 1. The van der Waals surface area contributed by atoms with Gasteiger partial charge >= 0.3 is 0 Å². The minimum atomic E-state index is -0.285. The van der Waals surface area contributed by atoms with Crippen LogP contribution in [0.5, 0.6) is 0 Å². The van der Waals surface area contributed by atoms with E-state index in [1.54, 1.807) is 6.21 Å². The van der Waals surface area contributed by atoms with Gasteiger partial charge in [-0.2, -0.15) is 5.10 Å². The number of halogens is 2. The minimum Gasteiger partial charge on any atom is -0.318 e. The summed E-state index contributed by atoms with van der Waals surface area (Å²) in [5.74, 6) is -0.162. The molecule has 0 saturated heterocycles. The highest BCUT2D eigenvalue weighted by atomic mass is 35.5. The fourth-order valence-corrected chi connectivity index (χ4v) is 4.13. The van der Waals surface area contributed by atoms with Gasteiger partial charge in [-0.05, 0) is 69.3 Å². The molecule has 0 bridgehead atoms. The maximum Gasteiger partial charge on any atom is 0.253 e. The molecule has 0 aliphatic carbocycles. The molecular weight excluding hydrogens is 425 g/mol. The van der Waals surface area contributed by atoms with Gasteiger partial charge in [0, 0.05) is 37.6 Å². The molecule has 4 nitrogen and oxygen atoms in total. The highest BCUT2D eigenvalue weighted by molar-refractivity contribution is 8.00. The van der Waals surface area contributed by atoms with Crippen molar-refractivity contribution in [2.45, 2.75) is 30.9 Å². The monoisotopic (exact) mass is 445 g/mol. The van der Waals surface area contributed by atoms with Crippen molar-refractivity contribution in [3.8, 4) is 5.69 Å². The number of carbonyl (C=O) groups excluding carboxylic acids is 1. The van der Waals surface area contributed by atoms with Gasteiger partial charge < -0.3 is 4.57 Å². The number of rotatable bonds is 6. The molecule has 1 atom stereocenters. The first-order chi connectivity index (χ1) is 13.8. The Morgan fingerprint density at radius 1 is 1.10 bits per heavy atom. The number of hydrogen-bond donors (Lipinski definition) is 1. The predicted molar refractivity (Wildman–Crippen MR) is 123 cm³/mol. The summed E-state index contributed by atoms with van der Waals surface area (Å²) in [6.45, 7) is 5.87. The molecular formula is C22H21Cl2N3OS. The molecule has 0 aliphatic rings. The topological polar surface area (TPSA) is 46.4 Å². The lowest BCUT2D eigenvalue weighted by Gasteiger charge is -2.10. The summed E-state index contributed by atoms with van der Waals surface area (Å²) >= 11 is 13.5. The fraction of sp³-hybridized carbons (Fsp3) is 0.182. The molecule has 29 heavy (non-hydrogen) atoms. The lowest BCUT2D eigenvalue weighted by atomic mass is 10.2. The van der Waals surface area contributed by atoms with Crippen LogP contribution in [-0.4, -0.2) is 21.9 Å². The summed E-state index contributed by atoms with van der Waals surface area (Å²) in [5.41, 5.74) is 6.62. The van der Waals surface area contributed by atoms with Gasteiger partial charge in [0.15, 0.2) is 0 Å². The van der Waals surface area contributed by atoms with E-state index in [4.69, 9.17) is 23.2 Å². The lowest BCUT2D eigenvalue weighted by molar-refractivity contribution is -0.120. The maximum absolute atomic E-state index is 12.3. The summed E-state index contributed by atoms with van der Waals surface area (Å²) in [7, 11) is 0. The van der Waals surface area contributed by atoms with Crippen LogP contribution >= 0.6 is 35.0 Å². The van der Waals surface area contributed by atoms with Crippen molar-refractivity contribution >= 4 is 47.1 Å². The summed E-state index contributed by atoms with van der Waals surface area (Å²) in [5, 5.41) is 5.22. The number of hydrazone groups is 1. The van der Waals surface area contributed by atoms with Gasteiger partial charge in [0.1, 0.15) is 0 Å². The van der Waals surface area contributed by atoms with Crippen LogP contribution in [0.15, 0.2) is 64.6 Å². The van der Waals surface area contributed by atoms with Crippen molar-refractivity contribution in [2.24, 2.45) is 5.10 Å². The largest absolute Gasteiger partial charge is 0.318 e. The van der Waals surface area contributed by atoms with E-state index < -0.39 is 0 Å². The molecule has 0 aliphatic heterocycles. The predicted octanol–water partition coefficient (Wildman–Crippen LogP) is 6.03. The maximum atomic E-state index is 12.3. The Labute approximate surface area is 184 Å². The van der Waals surface area contributed by atoms with Gasteiger partial charge in [-0.1, -0.05) is 29.3 Å². The van der Waals surface area contributed by atoms with Gasteiger partial charge in [-0.15, -0.1) is 11.8 Å². The standard InChI is InChI=1S/C22H21Cl2N3OS/c1-14-11-17(15(2)27(14)20-6-4-5-19(24)12-20)13-25-26-22(28)16(3)29-21-9-7-18(23)8-10-21/h4-13,16H,1-3H3,(H,26,28)/b25-13-/t16-/m0/s1. The average Bonchev–Trinajstić information content (AvgIpc) is 2.97. The quantitative estimate of drug-likeness (QED) is 0.285. The lowest BCUT2D eigenvalue weighted by Crippen LogP contribution is -2.26. The molecule has 7 heteroatoms. The Hall–Kier alpha value is -2.21. The number of aromatic nitrogens is 1. The molecule has 150 valence electrons. The molecule has 0 fully saturated rings. The van der Waals surface area contributed by atoms with Crippen molar-refractivity contribution < 1.29 is 4.79 Å². The van der Waals surface area contributed by atoms with Crippen molar-refractivity contribution in [1.29, 1.82) is 0 Å². The minimum absolute atomic E-state index is 0.162. The summed E-state index contributed by atoms with van der Waals surface area (Å²) in [6.07, 6.45) is 1.67.